The van der Waals surface area contributed by atoms with Crippen molar-refractivity contribution in [2.24, 2.45) is 7.05 Å². The molecule has 1 aromatic heterocycles. The van der Waals surface area contributed by atoms with Gasteiger partial charge in [0.25, 0.3) is 0 Å². The van der Waals surface area contributed by atoms with Crippen LogP contribution in [0.3, 0.4) is 0 Å². The van der Waals surface area contributed by atoms with Gasteiger partial charge in [0.1, 0.15) is 0 Å². The van der Waals surface area contributed by atoms with Crippen molar-refractivity contribution in [2.75, 3.05) is 27.0 Å². The van der Waals surface area contributed by atoms with Crippen molar-refractivity contribution in [1.29, 1.82) is 0 Å². The van der Waals surface area contributed by atoms with Gasteiger partial charge in [-0.15, -0.1) is 11.8 Å². The molecule has 1 aromatic carbocycles. The van der Waals surface area contributed by atoms with E-state index in [1.54, 1.807) is 41.7 Å². The van der Waals surface area contributed by atoms with Crippen LogP contribution < -0.4 is 5.32 Å². The van der Waals surface area contributed by atoms with Crippen LogP contribution in [0.2, 0.25) is 0 Å². The minimum absolute atomic E-state index is 0.146. The molecule has 0 saturated heterocycles. The fourth-order valence-corrected chi connectivity index (χ4v) is 2.95. The SMILES string of the molecule is COC[C@@H](NC(=O)N(C)Cc1cccc(SC)c1)c1ccnn1C. The third kappa shape index (κ3) is 4.75. The highest BCUT2D eigenvalue weighted by Gasteiger charge is 2.19. The molecule has 0 aliphatic rings. The minimum atomic E-state index is -0.241. The second-order valence-corrected chi connectivity index (χ2v) is 6.42. The van der Waals surface area contributed by atoms with Crippen LogP contribution in [0.1, 0.15) is 17.3 Å². The highest BCUT2D eigenvalue weighted by molar-refractivity contribution is 7.98. The average molecular weight is 348 g/mol. The summed E-state index contributed by atoms with van der Waals surface area (Å²) in [5.41, 5.74) is 2.01. The fraction of sp³-hybridized carbons (Fsp3) is 0.412. The molecule has 2 rings (SSSR count). The highest BCUT2D eigenvalue weighted by Crippen LogP contribution is 2.17. The number of aryl methyl sites for hydroxylation is 1. The first-order valence-corrected chi connectivity index (χ1v) is 8.89. The maximum absolute atomic E-state index is 12.5. The van der Waals surface area contributed by atoms with Gasteiger partial charge in [0, 0.05) is 38.8 Å². The predicted molar refractivity (Wildman–Crippen MR) is 96.0 cm³/mol. The molecule has 24 heavy (non-hydrogen) atoms. The number of urea groups is 1. The van der Waals surface area contributed by atoms with Gasteiger partial charge in [-0.3, -0.25) is 4.68 Å². The van der Waals surface area contributed by atoms with E-state index in [0.29, 0.717) is 13.2 Å². The summed E-state index contributed by atoms with van der Waals surface area (Å²) < 4.78 is 6.98. The van der Waals surface area contributed by atoms with Crippen LogP contribution in [0.25, 0.3) is 0 Å². The topological polar surface area (TPSA) is 59.4 Å². The molecule has 1 atom stereocenters. The first kappa shape index (κ1) is 18.4. The zero-order valence-electron chi connectivity index (χ0n) is 14.5. The van der Waals surface area contributed by atoms with Crippen molar-refractivity contribution in [3.63, 3.8) is 0 Å². The van der Waals surface area contributed by atoms with Gasteiger partial charge >= 0.3 is 6.03 Å². The number of benzene rings is 1. The van der Waals surface area contributed by atoms with Gasteiger partial charge in [-0.1, -0.05) is 12.1 Å². The Kier molecular flexibility index (Phi) is 6.69. The number of thioether (sulfide) groups is 1. The first-order chi connectivity index (χ1) is 11.5. The summed E-state index contributed by atoms with van der Waals surface area (Å²) >= 11 is 1.69. The standard InChI is InChI=1S/C17H24N4O2S/c1-20(11-13-6-5-7-14(10-13)24-4)17(22)19-15(12-23-3)16-8-9-18-21(16)2/h5-10,15H,11-12H2,1-4H3,(H,19,22)/t15-/m1/s1. The lowest BCUT2D eigenvalue weighted by atomic mass is 10.2. The molecule has 0 saturated carbocycles. The summed E-state index contributed by atoms with van der Waals surface area (Å²) in [6.07, 6.45) is 3.75. The molecular weight excluding hydrogens is 324 g/mol. The largest absolute Gasteiger partial charge is 0.382 e. The van der Waals surface area contributed by atoms with Crippen LogP contribution in [0.4, 0.5) is 4.79 Å². The maximum Gasteiger partial charge on any atom is 0.318 e. The number of rotatable bonds is 7. The highest BCUT2D eigenvalue weighted by atomic mass is 32.2. The lowest BCUT2D eigenvalue weighted by molar-refractivity contribution is 0.154. The number of methoxy groups -OCH3 is 1. The number of carbonyl (C=O) groups excluding carboxylic acids is 1. The van der Waals surface area contributed by atoms with Crippen molar-refractivity contribution in [3.05, 3.63) is 47.8 Å². The van der Waals surface area contributed by atoms with Gasteiger partial charge in [0.2, 0.25) is 0 Å². The molecule has 2 aromatic rings. The molecule has 2 amide bonds. The van der Waals surface area contributed by atoms with Gasteiger partial charge < -0.3 is 15.0 Å². The molecule has 0 unspecified atom stereocenters. The van der Waals surface area contributed by atoms with Gasteiger partial charge in [0.15, 0.2) is 0 Å². The molecule has 6 nitrogen and oxygen atoms in total. The molecule has 0 fully saturated rings. The lowest BCUT2D eigenvalue weighted by Gasteiger charge is -2.23. The van der Waals surface area contributed by atoms with Crippen molar-refractivity contribution in [2.45, 2.75) is 17.5 Å². The zero-order valence-corrected chi connectivity index (χ0v) is 15.3. The van der Waals surface area contributed by atoms with Gasteiger partial charge in [-0.25, -0.2) is 4.79 Å². The van der Waals surface area contributed by atoms with E-state index in [4.69, 9.17) is 4.74 Å². The quantitative estimate of drug-likeness (QED) is 0.782. The monoisotopic (exact) mass is 348 g/mol. The molecule has 0 radical (unpaired) electrons. The third-order valence-electron chi connectivity index (χ3n) is 3.75. The number of ether oxygens (including phenoxy) is 1. The van der Waals surface area contributed by atoms with Crippen LogP contribution in [0.15, 0.2) is 41.4 Å². The van der Waals surface area contributed by atoms with Crippen LogP contribution in [0, 0.1) is 0 Å². The molecule has 0 spiro atoms. The van der Waals surface area contributed by atoms with E-state index in [9.17, 15) is 4.79 Å². The molecule has 1 heterocycles. The molecule has 130 valence electrons. The van der Waals surface area contributed by atoms with E-state index in [1.807, 2.05) is 31.5 Å². The summed E-state index contributed by atoms with van der Waals surface area (Å²) in [7, 11) is 5.25. The normalized spacial score (nSPS) is 12.0. The summed E-state index contributed by atoms with van der Waals surface area (Å²) in [4.78, 5) is 15.4. The summed E-state index contributed by atoms with van der Waals surface area (Å²) in [6, 6.07) is 9.69. The number of aromatic nitrogens is 2. The average Bonchev–Trinajstić information content (AvgIpc) is 3.00. The fourth-order valence-electron chi connectivity index (χ4n) is 2.47. The molecule has 1 N–H and O–H groups in total. The van der Waals surface area contributed by atoms with Crippen molar-refractivity contribution >= 4 is 17.8 Å². The summed E-state index contributed by atoms with van der Waals surface area (Å²) in [5, 5.41) is 7.16. The predicted octanol–water partition coefficient (Wildman–Crippen LogP) is 2.67. The van der Waals surface area contributed by atoms with Gasteiger partial charge in [0.05, 0.1) is 18.3 Å². The minimum Gasteiger partial charge on any atom is -0.382 e. The Morgan fingerprint density at radius 1 is 1.46 bits per heavy atom. The number of nitrogens with one attached hydrogen (secondary N) is 1. The molecular formula is C17H24N4O2S. The lowest BCUT2D eigenvalue weighted by Crippen LogP contribution is -2.41. The maximum atomic E-state index is 12.5. The van der Waals surface area contributed by atoms with Crippen LogP contribution in [-0.2, 0) is 18.3 Å². The number of hydrogen-bond acceptors (Lipinski definition) is 4. The van der Waals surface area contributed by atoms with Crippen LogP contribution >= 0.6 is 11.8 Å². The Hall–Kier alpha value is -1.99. The Morgan fingerprint density at radius 2 is 2.25 bits per heavy atom. The Balaban J connectivity index is 2.02. The Bertz CT molecular complexity index is 674. The molecule has 0 aliphatic carbocycles. The number of hydrogen-bond donors (Lipinski definition) is 1. The molecule has 0 bridgehead atoms. The Morgan fingerprint density at radius 3 is 2.88 bits per heavy atom. The zero-order chi connectivity index (χ0) is 17.5. The molecule has 0 aliphatic heterocycles. The van der Waals surface area contributed by atoms with E-state index in [2.05, 4.69) is 22.5 Å². The van der Waals surface area contributed by atoms with Crippen molar-refractivity contribution in [3.8, 4) is 0 Å². The van der Waals surface area contributed by atoms with Gasteiger partial charge in [-0.2, -0.15) is 5.10 Å². The van der Waals surface area contributed by atoms with E-state index < -0.39 is 0 Å². The van der Waals surface area contributed by atoms with Gasteiger partial charge in [-0.05, 0) is 30.0 Å². The Labute approximate surface area is 147 Å². The second-order valence-electron chi connectivity index (χ2n) is 5.54. The molecule has 7 heteroatoms. The van der Waals surface area contributed by atoms with E-state index in [0.717, 1.165) is 11.3 Å². The number of carbonyl (C=O) groups is 1. The van der Waals surface area contributed by atoms with E-state index in [1.165, 1.54) is 4.90 Å². The first-order valence-electron chi connectivity index (χ1n) is 7.66. The summed E-state index contributed by atoms with van der Waals surface area (Å²) in [5.74, 6) is 0. The third-order valence-corrected chi connectivity index (χ3v) is 4.47. The van der Waals surface area contributed by atoms with E-state index >= 15 is 0 Å². The number of nitrogens with zero attached hydrogens (tertiary/aromatic N) is 3. The van der Waals surface area contributed by atoms with Crippen LogP contribution in [-0.4, -0.2) is 47.7 Å². The smallest absolute Gasteiger partial charge is 0.318 e. The van der Waals surface area contributed by atoms with E-state index in [-0.39, 0.29) is 12.1 Å². The van der Waals surface area contributed by atoms with Crippen molar-refractivity contribution < 1.29 is 9.53 Å². The second kappa shape index (κ2) is 8.75. The van der Waals surface area contributed by atoms with Crippen LogP contribution in [0.5, 0.6) is 0 Å². The summed E-state index contributed by atoms with van der Waals surface area (Å²) in [6.45, 7) is 0.937. The number of amides is 2. The van der Waals surface area contributed by atoms with Crippen molar-refractivity contribution in [1.82, 2.24) is 20.0 Å².